The molecule has 0 amide bonds. The van der Waals surface area contributed by atoms with Crippen LogP contribution in [0, 0.1) is 34.6 Å². The zero-order valence-electron chi connectivity index (χ0n) is 17.1. The van der Waals surface area contributed by atoms with Crippen molar-refractivity contribution in [1.82, 2.24) is 0 Å². The van der Waals surface area contributed by atoms with Crippen LogP contribution in [0.1, 0.15) is 51.8 Å². The maximum atomic E-state index is 12.0. The highest BCUT2D eigenvalue weighted by Gasteiger charge is 2.14. The SMILES string of the molecule is COC(=O)CCC(=O)Oc1c(C)cc(Cc2cc(C)c(C)c(C)c2)cc1C. The third kappa shape index (κ3) is 5.43. The number of carbonyl (C=O) groups excluding carboxylic acids is 2. The quantitative estimate of drug-likeness (QED) is 0.549. The fraction of sp³-hybridized carbons (Fsp3) is 0.391. The Hall–Kier alpha value is -2.62. The highest BCUT2D eigenvalue weighted by atomic mass is 16.5. The number of esters is 2. The molecule has 2 aromatic carbocycles. The van der Waals surface area contributed by atoms with Crippen LogP contribution in [0.4, 0.5) is 0 Å². The topological polar surface area (TPSA) is 52.6 Å². The standard InChI is InChI=1S/C23H28O4/c1-14-9-19(10-15(2)18(14)5)13-20-11-16(3)23(17(4)12-20)27-22(25)8-7-21(24)26-6/h9-12H,7-8,13H2,1-6H3. The van der Waals surface area contributed by atoms with Gasteiger partial charge in [-0.2, -0.15) is 0 Å². The molecule has 4 nitrogen and oxygen atoms in total. The monoisotopic (exact) mass is 368 g/mol. The Morgan fingerprint density at radius 3 is 1.67 bits per heavy atom. The van der Waals surface area contributed by atoms with E-state index in [9.17, 15) is 9.59 Å². The van der Waals surface area contributed by atoms with Gasteiger partial charge in [0, 0.05) is 0 Å². The van der Waals surface area contributed by atoms with Gasteiger partial charge >= 0.3 is 11.9 Å². The van der Waals surface area contributed by atoms with Gasteiger partial charge in [-0.3, -0.25) is 9.59 Å². The Morgan fingerprint density at radius 2 is 1.19 bits per heavy atom. The Labute approximate surface area is 161 Å². The molecule has 0 aromatic heterocycles. The van der Waals surface area contributed by atoms with Crippen LogP contribution in [-0.4, -0.2) is 19.0 Å². The first-order chi connectivity index (χ1) is 12.7. The van der Waals surface area contributed by atoms with Crippen molar-refractivity contribution in [3.8, 4) is 5.75 Å². The first kappa shape index (κ1) is 20.7. The van der Waals surface area contributed by atoms with Crippen LogP contribution >= 0.6 is 0 Å². The summed E-state index contributed by atoms with van der Waals surface area (Å²) in [5.74, 6) is -0.270. The van der Waals surface area contributed by atoms with E-state index in [-0.39, 0.29) is 12.8 Å². The molecule has 0 saturated heterocycles. The van der Waals surface area contributed by atoms with E-state index in [1.807, 2.05) is 13.8 Å². The predicted molar refractivity (Wildman–Crippen MR) is 106 cm³/mol. The van der Waals surface area contributed by atoms with Crippen molar-refractivity contribution in [2.75, 3.05) is 7.11 Å². The van der Waals surface area contributed by atoms with Crippen LogP contribution in [0.15, 0.2) is 24.3 Å². The van der Waals surface area contributed by atoms with Crippen molar-refractivity contribution in [3.63, 3.8) is 0 Å². The molecule has 0 heterocycles. The second kappa shape index (κ2) is 8.85. The Balaban J connectivity index is 2.14. The van der Waals surface area contributed by atoms with E-state index in [0.29, 0.717) is 5.75 Å². The van der Waals surface area contributed by atoms with Gasteiger partial charge in [-0.1, -0.05) is 24.3 Å². The number of benzene rings is 2. The van der Waals surface area contributed by atoms with Gasteiger partial charge < -0.3 is 9.47 Å². The number of ether oxygens (including phenoxy) is 2. The van der Waals surface area contributed by atoms with Crippen molar-refractivity contribution in [1.29, 1.82) is 0 Å². The largest absolute Gasteiger partial charge is 0.469 e. The van der Waals surface area contributed by atoms with Gasteiger partial charge in [0.1, 0.15) is 5.75 Å². The highest BCUT2D eigenvalue weighted by molar-refractivity contribution is 5.79. The van der Waals surface area contributed by atoms with E-state index in [0.717, 1.165) is 17.5 Å². The summed E-state index contributed by atoms with van der Waals surface area (Å²) in [4.78, 5) is 23.1. The fourth-order valence-corrected chi connectivity index (χ4v) is 3.24. The number of methoxy groups -OCH3 is 1. The average molecular weight is 368 g/mol. The van der Waals surface area contributed by atoms with E-state index in [1.54, 1.807) is 0 Å². The normalized spacial score (nSPS) is 10.6. The summed E-state index contributed by atoms with van der Waals surface area (Å²) in [5.41, 5.74) is 8.22. The lowest BCUT2D eigenvalue weighted by Crippen LogP contribution is -2.12. The summed E-state index contributed by atoms with van der Waals surface area (Å²) in [5, 5.41) is 0. The lowest BCUT2D eigenvalue weighted by molar-refractivity contribution is -0.144. The molecule has 0 aliphatic carbocycles. The number of carbonyl (C=O) groups is 2. The first-order valence-corrected chi connectivity index (χ1v) is 9.15. The molecule has 0 fully saturated rings. The summed E-state index contributed by atoms with van der Waals surface area (Å²) in [6, 6.07) is 8.57. The molecule has 0 unspecified atom stereocenters. The molecule has 0 bridgehead atoms. The summed E-state index contributed by atoms with van der Waals surface area (Å²) >= 11 is 0. The minimum absolute atomic E-state index is 0.00915. The number of aryl methyl sites for hydroxylation is 4. The Kier molecular flexibility index (Phi) is 6.78. The molecule has 2 rings (SSSR count). The van der Waals surface area contributed by atoms with E-state index in [1.165, 1.54) is 34.9 Å². The van der Waals surface area contributed by atoms with Gasteiger partial charge in [-0.05, 0) is 80.0 Å². The van der Waals surface area contributed by atoms with Crippen LogP contribution in [-0.2, 0) is 20.7 Å². The lowest BCUT2D eigenvalue weighted by Gasteiger charge is -2.14. The molecule has 4 heteroatoms. The van der Waals surface area contributed by atoms with E-state index in [4.69, 9.17) is 4.74 Å². The molecule has 0 saturated carbocycles. The molecule has 0 aliphatic heterocycles. The zero-order chi connectivity index (χ0) is 20.1. The van der Waals surface area contributed by atoms with Crippen molar-refractivity contribution in [3.05, 3.63) is 63.2 Å². The molecule has 0 N–H and O–H groups in total. The summed E-state index contributed by atoms with van der Waals surface area (Å²) in [7, 11) is 1.30. The summed E-state index contributed by atoms with van der Waals surface area (Å²) in [6.07, 6.45) is 0.868. The van der Waals surface area contributed by atoms with E-state index in [2.05, 4.69) is 49.8 Å². The van der Waals surface area contributed by atoms with Crippen LogP contribution in [0.3, 0.4) is 0 Å². The predicted octanol–water partition coefficient (Wildman–Crippen LogP) is 4.68. The minimum atomic E-state index is -0.427. The summed E-state index contributed by atoms with van der Waals surface area (Å²) < 4.78 is 10.0. The molecule has 2 aromatic rings. The molecule has 0 radical (unpaired) electrons. The Morgan fingerprint density at radius 1 is 0.741 bits per heavy atom. The third-order valence-electron chi connectivity index (χ3n) is 4.89. The number of hydrogen-bond donors (Lipinski definition) is 0. The third-order valence-corrected chi connectivity index (χ3v) is 4.89. The van der Waals surface area contributed by atoms with E-state index >= 15 is 0 Å². The van der Waals surface area contributed by atoms with Crippen LogP contribution < -0.4 is 4.74 Å². The van der Waals surface area contributed by atoms with Crippen molar-refractivity contribution in [2.24, 2.45) is 0 Å². The highest BCUT2D eigenvalue weighted by Crippen LogP contribution is 2.27. The van der Waals surface area contributed by atoms with Crippen molar-refractivity contribution >= 4 is 11.9 Å². The second-order valence-corrected chi connectivity index (χ2v) is 7.14. The van der Waals surface area contributed by atoms with Gasteiger partial charge in [0.25, 0.3) is 0 Å². The minimum Gasteiger partial charge on any atom is -0.469 e. The van der Waals surface area contributed by atoms with Crippen LogP contribution in [0.2, 0.25) is 0 Å². The molecule has 144 valence electrons. The van der Waals surface area contributed by atoms with Gasteiger partial charge in [-0.25, -0.2) is 0 Å². The molecule has 0 atom stereocenters. The van der Waals surface area contributed by atoms with E-state index < -0.39 is 11.9 Å². The zero-order valence-corrected chi connectivity index (χ0v) is 17.1. The fourth-order valence-electron chi connectivity index (χ4n) is 3.24. The second-order valence-electron chi connectivity index (χ2n) is 7.14. The van der Waals surface area contributed by atoms with Gasteiger partial charge in [0.05, 0.1) is 20.0 Å². The smallest absolute Gasteiger partial charge is 0.311 e. The van der Waals surface area contributed by atoms with Crippen LogP contribution in [0.5, 0.6) is 5.75 Å². The van der Waals surface area contributed by atoms with Crippen molar-refractivity contribution in [2.45, 2.75) is 53.9 Å². The Bertz CT molecular complexity index is 819. The molecular weight excluding hydrogens is 340 g/mol. The maximum Gasteiger partial charge on any atom is 0.311 e. The number of rotatable bonds is 6. The van der Waals surface area contributed by atoms with Gasteiger partial charge in [0.15, 0.2) is 0 Å². The molecule has 0 aliphatic rings. The summed E-state index contributed by atoms with van der Waals surface area (Å²) in [6.45, 7) is 10.3. The first-order valence-electron chi connectivity index (χ1n) is 9.15. The van der Waals surface area contributed by atoms with Gasteiger partial charge in [0.2, 0.25) is 0 Å². The molecule has 0 spiro atoms. The van der Waals surface area contributed by atoms with Gasteiger partial charge in [-0.15, -0.1) is 0 Å². The maximum absolute atomic E-state index is 12.0. The van der Waals surface area contributed by atoms with Crippen LogP contribution in [0.25, 0.3) is 0 Å². The van der Waals surface area contributed by atoms with Crippen molar-refractivity contribution < 1.29 is 19.1 Å². The lowest BCUT2D eigenvalue weighted by atomic mass is 9.95. The average Bonchev–Trinajstić information content (AvgIpc) is 2.60. The number of hydrogen-bond acceptors (Lipinski definition) is 4. The molecule has 27 heavy (non-hydrogen) atoms. The molecular formula is C23H28O4.